The van der Waals surface area contributed by atoms with Crippen molar-refractivity contribution in [3.8, 4) is 0 Å². The van der Waals surface area contributed by atoms with Gasteiger partial charge in [0.15, 0.2) is 0 Å². The fourth-order valence-corrected chi connectivity index (χ4v) is 3.14. The Balaban J connectivity index is 2.10. The first kappa shape index (κ1) is 20.5. The molecule has 1 fully saturated rings. The lowest BCUT2D eigenvalue weighted by atomic mass is 9.91. The van der Waals surface area contributed by atoms with Crippen LogP contribution in [0.25, 0.3) is 0 Å². The molecule has 1 aromatic rings. The quantitative estimate of drug-likeness (QED) is 0.710. The molecule has 1 aliphatic carbocycles. The average molecular weight is 362 g/mol. The molecule has 0 spiro atoms. The molecule has 2 amide bonds. The van der Waals surface area contributed by atoms with Gasteiger partial charge in [0.1, 0.15) is 6.54 Å². The molecule has 0 N–H and O–H groups in total. The summed E-state index contributed by atoms with van der Waals surface area (Å²) in [5.74, 6) is 0.145. The minimum absolute atomic E-state index is 0.0660. The van der Waals surface area contributed by atoms with Crippen LogP contribution >= 0.6 is 0 Å². The zero-order chi connectivity index (χ0) is 19.5. The summed E-state index contributed by atoms with van der Waals surface area (Å²) in [6, 6.07) is 4.46. The first-order valence-electron chi connectivity index (χ1n) is 9.81. The molecule has 5 nitrogen and oxygen atoms in total. The van der Waals surface area contributed by atoms with E-state index in [4.69, 9.17) is 0 Å². The Kier molecular flexibility index (Phi) is 6.53. The van der Waals surface area contributed by atoms with Crippen LogP contribution < -0.4 is 0 Å². The first-order valence-corrected chi connectivity index (χ1v) is 9.81. The van der Waals surface area contributed by atoms with Crippen molar-refractivity contribution in [2.45, 2.75) is 78.9 Å². The molecule has 0 bridgehead atoms. The van der Waals surface area contributed by atoms with Gasteiger partial charge >= 0.3 is 0 Å². The molecule has 0 aliphatic heterocycles. The van der Waals surface area contributed by atoms with Crippen LogP contribution in [-0.4, -0.2) is 44.8 Å². The van der Waals surface area contributed by atoms with Crippen LogP contribution in [0.3, 0.4) is 0 Å². The second kappa shape index (κ2) is 8.28. The highest BCUT2D eigenvalue weighted by molar-refractivity contribution is 5.85. The molecule has 1 aliphatic rings. The minimum Gasteiger partial charge on any atom is -0.353 e. The van der Waals surface area contributed by atoms with Crippen LogP contribution in [0.5, 0.6) is 0 Å². The maximum absolute atomic E-state index is 13.1. The van der Waals surface area contributed by atoms with Gasteiger partial charge in [0, 0.05) is 37.4 Å². The molecular formula is C21H35N3O2. The Morgan fingerprint density at radius 2 is 1.92 bits per heavy atom. The molecule has 5 heteroatoms. The van der Waals surface area contributed by atoms with E-state index < -0.39 is 0 Å². The van der Waals surface area contributed by atoms with E-state index >= 15 is 0 Å². The summed E-state index contributed by atoms with van der Waals surface area (Å²) < 4.78 is 2.06. The molecule has 0 radical (unpaired) electrons. The van der Waals surface area contributed by atoms with E-state index in [-0.39, 0.29) is 29.8 Å². The number of aryl methyl sites for hydroxylation is 1. The van der Waals surface area contributed by atoms with Crippen molar-refractivity contribution in [1.82, 2.24) is 14.4 Å². The summed E-state index contributed by atoms with van der Waals surface area (Å²) in [6.45, 7) is 11.1. The van der Waals surface area contributed by atoms with E-state index in [1.807, 2.05) is 31.1 Å². The van der Waals surface area contributed by atoms with Gasteiger partial charge in [0.05, 0.1) is 6.54 Å². The van der Waals surface area contributed by atoms with Crippen LogP contribution in [0.2, 0.25) is 0 Å². The van der Waals surface area contributed by atoms with Crippen molar-refractivity contribution >= 4 is 11.8 Å². The first-order chi connectivity index (χ1) is 12.1. The van der Waals surface area contributed by atoms with Gasteiger partial charge in [-0.2, -0.15) is 0 Å². The van der Waals surface area contributed by atoms with Gasteiger partial charge in [-0.25, -0.2) is 0 Å². The van der Waals surface area contributed by atoms with Crippen molar-refractivity contribution in [2.24, 2.45) is 12.5 Å². The topological polar surface area (TPSA) is 45.6 Å². The lowest BCUT2D eigenvalue weighted by Crippen LogP contribution is -2.47. The molecule has 1 unspecified atom stereocenters. The van der Waals surface area contributed by atoms with Gasteiger partial charge in [-0.3, -0.25) is 9.59 Å². The standard InChI is InChI=1S/C21H35N3O2/c1-7-16(2)23(19(25)13-21(3,4)5)15-20(26)24(17-10-11-17)14-18-9-8-12-22(18)6/h8-9,12,16-17H,7,10-11,13-15H2,1-6H3. The largest absolute Gasteiger partial charge is 0.353 e. The zero-order valence-corrected chi connectivity index (χ0v) is 17.3. The number of rotatable bonds is 8. The van der Waals surface area contributed by atoms with Crippen molar-refractivity contribution in [2.75, 3.05) is 6.54 Å². The Hall–Kier alpha value is -1.78. The molecule has 0 aromatic carbocycles. The van der Waals surface area contributed by atoms with Gasteiger partial charge < -0.3 is 14.4 Å². The van der Waals surface area contributed by atoms with Gasteiger partial charge in [0.25, 0.3) is 0 Å². The maximum Gasteiger partial charge on any atom is 0.242 e. The zero-order valence-electron chi connectivity index (χ0n) is 17.3. The van der Waals surface area contributed by atoms with E-state index in [0.29, 0.717) is 19.0 Å². The van der Waals surface area contributed by atoms with Crippen LogP contribution in [0.1, 0.15) is 66.0 Å². The van der Waals surface area contributed by atoms with E-state index in [1.54, 1.807) is 4.90 Å². The minimum atomic E-state index is -0.0783. The van der Waals surface area contributed by atoms with Gasteiger partial charge in [-0.05, 0) is 43.7 Å². The molecule has 2 rings (SSSR count). The number of hydrogen-bond acceptors (Lipinski definition) is 2. The Bertz CT molecular complexity index is 625. The van der Waals surface area contributed by atoms with Crippen molar-refractivity contribution in [1.29, 1.82) is 0 Å². The number of hydrogen-bond donors (Lipinski definition) is 0. The second-order valence-electron chi connectivity index (χ2n) is 8.88. The third-order valence-corrected chi connectivity index (χ3v) is 5.12. The summed E-state index contributed by atoms with van der Waals surface area (Å²) in [5.41, 5.74) is 1.05. The van der Waals surface area contributed by atoms with E-state index in [1.165, 1.54) is 0 Å². The molecular weight excluding hydrogens is 326 g/mol. The molecule has 0 saturated heterocycles. The van der Waals surface area contributed by atoms with E-state index in [0.717, 1.165) is 25.0 Å². The molecule has 146 valence electrons. The normalized spacial score (nSPS) is 15.6. The summed E-state index contributed by atoms with van der Waals surface area (Å²) >= 11 is 0. The second-order valence-corrected chi connectivity index (χ2v) is 8.88. The lowest BCUT2D eigenvalue weighted by molar-refractivity contribution is -0.144. The highest BCUT2D eigenvalue weighted by atomic mass is 16.2. The average Bonchev–Trinajstić information content (AvgIpc) is 3.30. The number of nitrogens with zero attached hydrogens (tertiary/aromatic N) is 3. The Morgan fingerprint density at radius 3 is 2.38 bits per heavy atom. The fourth-order valence-electron chi connectivity index (χ4n) is 3.14. The molecule has 1 saturated carbocycles. The predicted octanol–water partition coefficient (Wildman–Crippen LogP) is 3.58. The maximum atomic E-state index is 13.1. The summed E-state index contributed by atoms with van der Waals surface area (Å²) in [6.07, 6.45) is 5.45. The third-order valence-electron chi connectivity index (χ3n) is 5.12. The van der Waals surface area contributed by atoms with Crippen LogP contribution in [0, 0.1) is 5.41 Å². The highest BCUT2D eigenvalue weighted by Crippen LogP contribution is 2.29. The number of carbonyl (C=O) groups excluding carboxylic acids is 2. The van der Waals surface area contributed by atoms with Crippen LogP contribution in [0.15, 0.2) is 18.3 Å². The van der Waals surface area contributed by atoms with Gasteiger partial charge in [0.2, 0.25) is 11.8 Å². The highest BCUT2D eigenvalue weighted by Gasteiger charge is 2.35. The van der Waals surface area contributed by atoms with Crippen LogP contribution in [-0.2, 0) is 23.2 Å². The fraction of sp³-hybridized carbons (Fsp3) is 0.714. The third kappa shape index (κ3) is 5.61. The number of carbonyl (C=O) groups is 2. The predicted molar refractivity (Wildman–Crippen MR) is 105 cm³/mol. The Labute approximate surface area is 158 Å². The SMILES string of the molecule is CCC(C)N(CC(=O)N(Cc1cccn1C)C1CC1)C(=O)CC(C)(C)C. The lowest BCUT2D eigenvalue weighted by Gasteiger charge is -2.33. The van der Waals surface area contributed by atoms with Gasteiger partial charge in [-0.1, -0.05) is 27.7 Å². The summed E-state index contributed by atoms with van der Waals surface area (Å²) in [7, 11) is 2.00. The smallest absolute Gasteiger partial charge is 0.242 e. The van der Waals surface area contributed by atoms with Crippen molar-refractivity contribution < 1.29 is 9.59 Å². The number of aromatic nitrogens is 1. The van der Waals surface area contributed by atoms with E-state index in [9.17, 15) is 9.59 Å². The molecule has 1 heterocycles. The summed E-state index contributed by atoms with van der Waals surface area (Å²) in [4.78, 5) is 29.7. The molecule has 1 atom stereocenters. The molecule has 1 aromatic heterocycles. The van der Waals surface area contributed by atoms with Crippen molar-refractivity contribution in [3.63, 3.8) is 0 Å². The van der Waals surface area contributed by atoms with E-state index in [2.05, 4.69) is 38.3 Å². The number of amides is 2. The Morgan fingerprint density at radius 1 is 1.27 bits per heavy atom. The van der Waals surface area contributed by atoms with Gasteiger partial charge in [-0.15, -0.1) is 0 Å². The monoisotopic (exact) mass is 361 g/mol. The van der Waals surface area contributed by atoms with Crippen molar-refractivity contribution in [3.05, 3.63) is 24.0 Å². The summed E-state index contributed by atoms with van der Waals surface area (Å²) in [5, 5.41) is 0. The molecule has 26 heavy (non-hydrogen) atoms. The van der Waals surface area contributed by atoms with Crippen LogP contribution in [0.4, 0.5) is 0 Å².